The van der Waals surface area contributed by atoms with Crippen LogP contribution in [-0.4, -0.2) is 22.6 Å². The molecule has 0 fully saturated rings. The largest absolute Gasteiger partial charge is 0.465 e. The van der Waals surface area contributed by atoms with Crippen LogP contribution in [0.3, 0.4) is 0 Å². The lowest BCUT2D eigenvalue weighted by molar-refractivity contribution is -0.385. The number of nitrogens with zero attached hydrogens (tertiary/aromatic N) is 2. The summed E-state index contributed by atoms with van der Waals surface area (Å²) in [5, 5.41) is 11.0. The Morgan fingerprint density at radius 2 is 2.13 bits per heavy atom. The van der Waals surface area contributed by atoms with Gasteiger partial charge in [0.2, 0.25) is 0 Å². The van der Waals surface area contributed by atoms with E-state index < -0.39 is 33.5 Å². The predicted molar refractivity (Wildman–Crippen MR) is 81.9 cm³/mol. The number of ether oxygens (including phenoxy) is 1. The van der Waals surface area contributed by atoms with Gasteiger partial charge in [-0.1, -0.05) is 22.0 Å². The number of hydrogen-bond donors (Lipinski definition) is 0. The van der Waals surface area contributed by atoms with Crippen LogP contribution in [0.1, 0.15) is 15.9 Å². The van der Waals surface area contributed by atoms with E-state index in [0.29, 0.717) is 10.0 Å². The van der Waals surface area contributed by atoms with Crippen molar-refractivity contribution < 1.29 is 18.8 Å². The Bertz CT molecular complexity index is 850. The highest BCUT2D eigenvalue weighted by Gasteiger charge is 2.20. The van der Waals surface area contributed by atoms with Gasteiger partial charge >= 0.3 is 5.97 Å². The van der Waals surface area contributed by atoms with Crippen LogP contribution in [0.15, 0.2) is 39.7 Å². The molecule has 0 aliphatic rings. The van der Waals surface area contributed by atoms with Gasteiger partial charge in [0.15, 0.2) is 0 Å². The van der Waals surface area contributed by atoms with Gasteiger partial charge in [0.1, 0.15) is 11.4 Å². The van der Waals surface area contributed by atoms with E-state index in [1.165, 1.54) is 18.2 Å². The summed E-state index contributed by atoms with van der Waals surface area (Å²) in [6.07, 6.45) is 1.02. The summed E-state index contributed by atoms with van der Waals surface area (Å²) < 4.78 is 19.0. The lowest BCUT2D eigenvalue weighted by Crippen LogP contribution is -2.27. The SMILES string of the molecule is COC(=O)c1cc([N+](=O)[O-])cn(Cc2ccc(F)cc2Br)c1=O. The van der Waals surface area contributed by atoms with Crippen molar-refractivity contribution in [2.45, 2.75) is 6.54 Å². The molecule has 0 saturated carbocycles. The molecule has 1 aromatic heterocycles. The second kappa shape index (κ2) is 6.69. The maximum atomic E-state index is 13.1. The Morgan fingerprint density at radius 3 is 2.70 bits per heavy atom. The van der Waals surface area contributed by atoms with E-state index in [9.17, 15) is 24.1 Å². The number of hydrogen-bond acceptors (Lipinski definition) is 5. The Balaban J connectivity index is 2.56. The summed E-state index contributed by atoms with van der Waals surface area (Å²) >= 11 is 3.16. The zero-order chi connectivity index (χ0) is 17.1. The third kappa shape index (κ3) is 3.62. The minimum atomic E-state index is -0.967. The van der Waals surface area contributed by atoms with Crippen LogP contribution >= 0.6 is 15.9 Å². The third-order valence-electron chi connectivity index (χ3n) is 3.04. The smallest absolute Gasteiger partial charge is 0.343 e. The van der Waals surface area contributed by atoms with Gasteiger partial charge in [-0.2, -0.15) is 0 Å². The fourth-order valence-electron chi connectivity index (χ4n) is 1.93. The topological polar surface area (TPSA) is 91.4 Å². The summed E-state index contributed by atoms with van der Waals surface area (Å²) in [6.45, 7) is -0.0780. The first-order valence-corrected chi connectivity index (χ1v) is 7.04. The van der Waals surface area contributed by atoms with E-state index in [1.54, 1.807) is 0 Å². The lowest BCUT2D eigenvalue weighted by Gasteiger charge is -2.09. The number of carbonyl (C=O) groups is 1. The second-order valence-electron chi connectivity index (χ2n) is 4.53. The molecule has 0 radical (unpaired) electrons. The lowest BCUT2D eigenvalue weighted by atomic mass is 10.2. The molecule has 0 unspecified atom stereocenters. The molecule has 7 nitrogen and oxygen atoms in total. The van der Waals surface area contributed by atoms with Gasteiger partial charge in [0, 0.05) is 10.5 Å². The van der Waals surface area contributed by atoms with Crippen LogP contribution in [0, 0.1) is 15.9 Å². The number of methoxy groups -OCH3 is 1. The van der Waals surface area contributed by atoms with Crippen LogP contribution < -0.4 is 5.56 Å². The second-order valence-corrected chi connectivity index (χ2v) is 5.38. The number of pyridine rings is 1. The number of halogens is 2. The van der Waals surface area contributed by atoms with Gasteiger partial charge < -0.3 is 9.30 Å². The van der Waals surface area contributed by atoms with Crippen molar-refractivity contribution >= 4 is 27.6 Å². The summed E-state index contributed by atoms with van der Waals surface area (Å²) in [4.78, 5) is 34.1. The highest BCUT2D eigenvalue weighted by atomic mass is 79.9. The first kappa shape index (κ1) is 16.8. The summed E-state index contributed by atoms with van der Waals surface area (Å²) in [5.41, 5.74) is -1.09. The van der Waals surface area contributed by atoms with Crippen LogP contribution in [0.25, 0.3) is 0 Å². The normalized spacial score (nSPS) is 10.4. The van der Waals surface area contributed by atoms with E-state index in [2.05, 4.69) is 20.7 Å². The van der Waals surface area contributed by atoms with Crippen LogP contribution in [0.5, 0.6) is 0 Å². The maximum Gasteiger partial charge on any atom is 0.343 e. The summed E-state index contributed by atoms with van der Waals surface area (Å²) in [5.74, 6) is -1.44. The van der Waals surface area contributed by atoms with Crippen LogP contribution in [0.2, 0.25) is 0 Å². The average molecular weight is 385 g/mol. The number of esters is 1. The van der Waals surface area contributed by atoms with Crippen molar-refractivity contribution in [2.75, 3.05) is 7.11 Å². The van der Waals surface area contributed by atoms with Crippen molar-refractivity contribution in [1.29, 1.82) is 0 Å². The molecule has 1 heterocycles. The Hall–Kier alpha value is -2.55. The molecule has 9 heteroatoms. The molecule has 0 saturated heterocycles. The fourth-order valence-corrected chi connectivity index (χ4v) is 2.40. The molecule has 0 aliphatic heterocycles. The van der Waals surface area contributed by atoms with Crippen molar-refractivity contribution in [2.24, 2.45) is 0 Å². The zero-order valence-electron chi connectivity index (χ0n) is 11.8. The molecule has 0 atom stereocenters. The van der Waals surface area contributed by atoms with E-state index >= 15 is 0 Å². The summed E-state index contributed by atoms with van der Waals surface area (Å²) in [7, 11) is 1.07. The molecule has 120 valence electrons. The van der Waals surface area contributed by atoms with Crippen molar-refractivity contribution in [3.8, 4) is 0 Å². The van der Waals surface area contributed by atoms with Crippen molar-refractivity contribution in [3.05, 3.63) is 72.3 Å². The predicted octanol–water partition coefficient (Wildman–Crippen LogP) is 2.49. The minimum Gasteiger partial charge on any atom is -0.465 e. The molecule has 0 bridgehead atoms. The number of aromatic nitrogens is 1. The van der Waals surface area contributed by atoms with Crippen LogP contribution in [0.4, 0.5) is 10.1 Å². The highest BCUT2D eigenvalue weighted by molar-refractivity contribution is 9.10. The molecular formula is C14H10BrFN2O5. The first-order chi connectivity index (χ1) is 10.8. The van der Waals surface area contributed by atoms with Gasteiger partial charge in [-0.15, -0.1) is 0 Å². The van der Waals surface area contributed by atoms with Gasteiger partial charge in [-0.3, -0.25) is 14.9 Å². The molecule has 1 aromatic carbocycles. The van der Waals surface area contributed by atoms with E-state index in [4.69, 9.17) is 0 Å². The van der Waals surface area contributed by atoms with Gasteiger partial charge in [0.25, 0.3) is 11.2 Å². The monoisotopic (exact) mass is 384 g/mol. The highest BCUT2D eigenvalue weighted by Crippen LogP contribution is 2.20. The van der Waals surface area contributed by atoms with E-state index in [-0.39, 0.29) is 6.54 Å². The standard InChI is InChI=1S/C14H10BrFN2O5/c1-23-14(20)11-5-10(18(21)22)7-17(13(11)19)6-8-2-3-9(16)4-12(8)15/h2-5,7H,6H2,1H3. The molecule has 0 amide bonds. The maximum absolute atomic E-state index is 13.1. The third-order valence-corrected chi connectivity index (χ3v) is 3.78. The molecular weight excluding hydrogens is 375 g/mol. The quantitative estimate of drug-likeness (QED) is 0.458. The van der Waals surface area contributed by atoms with Gasteiger partial charge in [-0.05, 0) is 17.7 Å². The van der Waals surface area contributed by atoms with Crippen LogP contribution in [-0.2, 0) is 11.3 Å². The van der Waals surface area contributed by atoms with Gasteiger partial charge in [0.05, 0.1) is 24.8 Å². The Labute approximate surface area is 137 Å². The zero-order valence-corrected chi connectivity index (χ0v) is 13.4. The molecule has 0 aliphatic carbocycles. The fraction of sp³-hybridized carbons (Fsp3) is 0.143. The average Bonchev–Trinajstić information content (AvgIpc) is 2.50. The first-order valence-electron chi connectivity index (χ1n) is 6.24. The van der Waals surface area contributed by atoms with E-state index in [1.807, 2.05) is 0 Å². The molecule has 0 N–H and O–H groups in total. The number of benzene rings is 1. The minimum absolute atomic E-state index is 0.0780. The Kier molecular flexibility index (Phi) is 4.89. The number of nitro groups is 1. The molecule has 2 aromatic rings. The number of rotatable bonds is 4. The number of carbonyl (C=O) groups excluding carboxylic acids is 1. The summed E-state index contributed by atoms with van der Waals surface area (Å²) in [6, 6.07) is 4.70. The van der Waals surface area contributed by atoms with Crippen molar-refractivity contribution in [1.82, 2.24) is 4.57 Å². The Morgan fingerprint density at radius 1 is 1.43 bits per heavy atom. The van der Waals surface area contributed by atoms with E-state index in [0.717, 1.165) is 23.9 Å². The van der Waals surface area contributed by atoms with Gasteiger partial charge in [-0.25, -0.2) is 9.18 Å². The molecule has 0 spiro atoms. The molecule has 2 rings (SSSR count). The molecule has 23 heavy (non-hydrogen) atoms. The van der Waals surface area contributed by atoms with Crippen molar-refractivity contribution in [3.63, 3.8) is 0 Å².